The first kappa shape index (κ1) is 14.9. The Balaban J connectivity index is 2.39. The highest BCUT2D eigenvalue weighted by atomic mass is 32.2. The van der Waals surface area contributed by atoms with E-state index in [1.54, 1.807) is 12.1 Å². The van der Waals surface area contributed by atoms with Gasteiger partial charge in [0, 0.05) is 0 Å². The molecular weight excluding hydrogens is 274 g/mol. The first-order valence-corrected chi connectivity index (χ1v) is 8.23. The molecule has 4 nitrogen and oxygen atoms in total. The molecule has 0 amide bonds. The average molecular weight is 293 g/mol. The molecule has 0 atom stereocenters. The molecule has 1 saturated carbocycles. The largest absolute Gasteiger partial charge is 0.497 e. The van der Waals surface area contributed by atoms with E-state index in [1.807, 2.05) is 0 Å². The maximum absolute atomic E-state index is 12.8. The van der Waals surface area contributed by atoms with E-state index in [2.05, 4.69) is 13.0 Å². The third-order valence-electron chi connectivity index (χ3n) is 4.17. The van der Waals surface area contributed by atoms with Crippen LogP contribution in [0, 0.1) is 17.2 Å². The summed E-state index contributed by atoms with van der Waals surface area (Å²) in [5.74, 6) is 1.09. The normalized spacial score (nSPS) is 26.8. The van der Waals surface area contributed by atoms with Crippen molar-refractivity contribution in [1.29, 1.82) is 5.26 Å². The zero-order valence-corrected chi connectivity index (χ0v) is 12.6. The molecule has 0 N–H and O–H groups in total. The molecule has 20 heavy (non-hydrogen) atoms. The summed E-state index contributed by atoms with van der Waals surface area (Å²) in [6.45, 7) is 2.10. The van der Waals surface area contributed by atoms with Gasteiger partial charge >= 0.3 is 0 Å². The van der Waals surface area contributed by atoms with Crippen LogP contribution in [-0.4, -0.2) is 20.3 Å². The molecule has 2 rings (SSSR count). The molecule has 1 aromatic rings. The van der Waals surface area contributed by atoms with Crippen LogP contribution in [0.25, 0.3) is 0 Å². The summed E-state index contributed by atoms with van der Waals surface area (Å²) < 4.78 is 29.3. The van der Waals surface area contributed by atoms with Crippen LogP contribution in [0.4, 0.5) is 0 Å². The predicted molar refractivity (Wildman–Crippen MR) is 76.2 cm³/mol. The number of nitrogens with zero attached hydrogens (tertiary/aromatic N) is 1. The fourth-order valence-corrected chi connectivity index (χ4v) is 4.49. The molecule has 1 aromatic carbocycles. The van der Waals surface area contributed by atoms with Crippen molar-refractivity contribution in [2.75, 3.05) is 7.11 Å². The van der Waals surface area contributed by atoms with Crippen molar-refractivity contribution in [3.63, 3.8) is 0 Å². The van der Waals surface area contributed by atoms with Gasteiger partial charge < -0.3 is 4.74 Å². The number of methoxy groups -OCH3 is 1. The Morgan fingerprint density at radius 2 is 1.80 bits per heavy atom. The van der Waals surface area contributed by atoms with Crippen LogP contribution >= 0.6 is 0 Å². The van der Waals surface area contributed by atoms with Crippen molar-refractivity contribution in [3.8, 4) is 11.8 Å². The molecule has 0 heterocycles. The van der Waals surface area contributed by atoms with Crippen LogP contribution in [0.15, 0.2) is 29.2 Å². The molecule has 5 heteroatoms. The molecule has 0 aliphatic heterocycles. The number of hydrogen-bond acceptors (Lipinski definition) is 4. The minimum atomic E-state index is -3.64. The molecule has 1 fully saturated rings. The number of ether oxygens (including phenoxy) is 1. The number of hydrogen-bond donors (Lipinski definition) is 0. The summed E-state index contributed by atoms with van der Waals surface area (Å²) in [5, 5.41) is 9.47. The zero-order valence-electron chi connectivity index (χ0n) is 11.8. The second-order valence-corrected chi connectivity index (χ2v) is 7.73. The first-order chi connectivity index (χ1) is 9.45. The van der Waals surface area contributed by atoms with Crippen LogP contribution in [-0.2, 0) is 9.84 Å². The maximum atomic E-state index is 12.8. The van der Waals surface area contributed by atoms with Gasteiger partial charge in [0.05, 0.1) is 18.1 Å². The number of sulfone groups is 1. The van der Waals surface area contributed by atoms with Crippen molar-refractivity contribution in [1.82, 2.24) is 0 Å². The Morgan fingerprint density at radius 3 is 2.25 bits per heavy atom. The summed E-state index contributed by atoms with van der Waals surface area (Å²) >= 11 is 0. The summed E-state index contributed by atoms with van der Waals surface area (Å²) in [6, 6.07) is 8.35. The maximum Gasteiger partial charge on any atom is 0.197 e. The Labute approximate surface area is 120 Å². The molecule has 1 aliphatic carbocycles. The SMILES string of the molecule is COc1ccc(S(=O)(=O)C2(C#N)CCC(C)CC2)cc1. The van der Waals surface area contributed by atoms with Gasteiger partial charge in [-0.05, 0) is 55.9 Å². The number of rotatable bonds is 3. The minimum absolute atomic E-state index is 0.203. The van der Waals surface area contributed by atoms with E-state index in [0.717, 1.165) is 12.8 Å². The lowest BCUT2D eigenvalue weighted by atomic mass is 9.83. The lowest BCUT2D eigenvalue weighted by Crippen LogP contribution is -2.40. The van der Waals surface area contributed by atoms with Crippen LogP contribution in [0.3, 0.4) is 0 Å². The van der Waals surface area contributed by atoms with Gasteiger partial charge in [0.1, 0.15) is 5.75 Å². The smallest absolute Gasteiger partial charge is 0.197 e. The van der Waals surface area contributed by atoms with Gasteiger partial charge in [0.25, 0.3) is 0 Å². The van der Waals surface area contributed by atoms with Crippen molar-refractivity contribution in [2.45, 2.75) is 42.2 Å². The highest BCUT2D eigenvalue weighted by Crippen LogP contribution is 2.40. The molecule has 0 saturated heterocycles. The summed E-state index contributed by atoms with van der Waals surface area (Å²) in [5.41, 5.74) is 0. The monoisotopic (exact) mass is 293 g/mol. The van der Waals surface area contributed by atoms with E-state index in [1.165, 1.54) is 19.2 Å². The first-order valence-electron chi connectivity index (χ1n) is 6.75. The summed E-state index contributed by atoms with van der Waals surface area (Å²) in [6.07, 6.45) is 2.39. The Bertz CT molecular complexity index is 606. The Kier molecular flexibility index (Phi) is 4.05. The highest BCUT2D eigenvalue weighted by molar-refractivity contribution is 7.93. The van der Waals surface area contributed by atoms with Crippen LogP contribution in [0.1, 0.15) is 32.6 Å². The van der Waals surface area contributed by atoms with Crippen LogP contribution in [0.5, 0.6) is 5.75 Å². The lowest BCUT2D eigenvalue weighted by molar-refractivity contribution is 0.345. The molecule has 0 unspecified atom stereocenters. The average Bonchev–Trinajstić information content (AvgIpc) is 2.48. The van der Waals surface area contributed by atoms with Crippen molar-refractivity contribution in [2.24, 2.45) is 5.92 Å². The van der Waals surface area contributed by atoms with Gasteiger partial charge in [-0.3, -0.25) is 0 Å². The van der Waals surface area contributed by atoms with Crippen LogP contribution in [0.2, 0.25) is 0 Å². The Hall–Kier alpha value is -1.54. The van der Waals surface area contributed by atoms with Crippen molar-refractivity contribution < 1.29 is 13.2 Å². The Morgan fingerprint density at radius 1 is 1.25 bits per heavy atom. The third kappa shape index (κ3) is 2.40. The van der Waals surface area contributed by atoms with Crippen molar-refractivity contribution >= 4 is 9.84 Å². The second kappa shape index (κ2) is 5.45. The van der Waals surface area contributed by atoms with E-state index in [4.69, 9.17) is 4.74 Å². The molecule has 1 aliphatic rings. The van der Waals surface area contributed by atoms with E-state index in [9.17, 15) is 13.7 Å². The fourth-order valence-electron chi connectivity index (χ4n) is 2.65. The topological polar surface area (TPSA) is 67.2 Å². The molecule has 0 spiro atoms. The molecule has 108 valence electrons. The molecule has 0 bridgehead atoms. The van der Waals surface area contributed by atoms with Gasteiger partial charge in [-0.25, -0.2) is 8.42 Å². The van der Waals surface area contributed by atoms with Crippen LogP contribution < -0.4 is 4.74 Å². The predicted octanol–water partition coefficient (Wildman–Crippen LogP) is 2.94. The van der Waals surface area contributed by atoms with Gasteiger partial charge in [-0.2, -0.15) is 5.26 Å². The molecule has 0 aromatic heterocycles. The minimum Gasteiger partial charge on any atom is -0.497 e. The number of benzene rings is 1. The second-order valence-electron chi connectivity index (χ2n) is 5.47. The highest BCUT2D eigenvalue weighted by Gasteiger charge is 2.47. The summed E-state index contributed by atoms with van der Waals surface area (Å²) in [7, 11) is -2.11. The summed E-state index contributed by atoms with van der Waals surface area (Å²) in [4.78, 5) is 0.203. The number of nitriles is 1. The zero-order chi connectivity index (χ0) is 14.8. The quantitative estimate of drug-likeness (QED) is 0.859. The van der Waals surface area contributed by atoms with E-state index < -0.39 is 14.6 Å². The third-order valence-corrected chi connectivity index (χ3v) is 6.59. The van der Waals surface area contributed by atoms with Gasteiger partial charge in [-0.15, -0.1) is 0 Å². The van der Waals surface area contributed by atoms with Gasteiger partial charge in [0.15, 0.2) is 14.6 Å². The van der Waals surface area contributed by atoms with E-state index in [0.29, 0.717) is 24.5 Å². The van der Waals surface area contributed by atoms with Gasteiger partial charge in [0.2, 0.25) is 0 Å². The van der Waals surface area contributed by atoms with Crippen molar-refractivity contribution in [3.05, 3.63) is 24.3 Å². The van der Waals surface area contributed by atoms with E-state index in [-0.39, 0.29) is 4.90 Å². The molecular formula is C15H19NO3S. The molecule has 0 radical (unpaired) electrons. The standard InChI is InChI=1S/C15H19NO3S/c1-12-7-9-15(11-16,10-8-12)20(17,18)14-5-3-13(19-2)4-6-14/h3-6,12H,7-10H2,1-2H3. The van der Waals surface area contributed by atoms with E-state index >= 15 is 0 Å². The lowest BCUT2D eigenvalue weighted by Gasteiger charge is -2.33. The van der Waals surface area contributed by atoms with Gasteiger partial charge in [-0.1, -0.05) is 6.92 Å². The fraction of sp³-hybridized carbons (Fsp3) is 0.533.